The van der Waals surface area contributed by atoms with Crippen LogP contribution in [0.3, 0.4) is 0 Å². The lowest BCUT2D eigenvalue weighted by molar-refractivity contribution is -0.158. The van der Waals surface area contributed by atoms with Gasteiger partial charge in [-0.3, -0.25) is 9.59 Å². The number of benzene rings is 1. The van der Waals surface area contributed by atoms with Gasteiger partial charge >= 0.3 is 5.97 Å². The number of ketones is 1. The van der Waals surface area contributed by atoms with Crippen LogP contribution in [-0.2, 0) is 20.7 Å². The fraction of sp³-hybridized carbons (Fsp3) is 0.467. The van der Waals surface area contributed by atoms with E-state index in [4.69, 9.17) is 4.74 Å². The van der Waals surface area contributed by atoms with Gasteiger partial charge in [0, 0.05) is 6.42 Å². The molecule has 0 spiro atoms. The highest BCUT2D eigenvalue weighted by Crippen LogP contribution is 2.39. The monoisotopic (exact) mass is 264 g/mol. The van der Waals surface area contributed by atoms with Gasteiger partial charge in [0.15, 0.2) is 5.78 Å². The normalized spacial score (nSPS) is 22.5. The minimum Gasteiger partial charge on any atom is -0.465 e. The van der Waals surface area contributed by atoms with Crippen molar-refractivity contribution in [3.63, 3.8) is 0 Å². The van der Waals surface area contributed by atoms with Gasteiger partial charge in [-0.25, -0.2) is 4.39 Å². The highest BCUT2D eigenvalue weighted by molar-refractivity contribution is 6.05. The lowest BCUT2D eigenvalue weighted by atomic mass is 9.79. The Balaban J connectivity index is 2.26. The number of carbonyl (C=O) groups excluding carboxylic acids is 2. The number of esters is 1. The summed E-state index contributed by atoms with van der Waals surface area (Å²) in [5, 5.41) is 0. The Hall–Kier alpha value is -1.71. The number of hydrogen-bond acceptors (Lipinski definition) is 3. The van der Waals surface area contributed by atoms with E-state index < -0.39 is 11.4 Å². The van der Waals surface area contributed by atoms with Crippen LogP contribution in [-0.4, -0.2) is 18.4 Å². The molecule has 0 aromatic heterocycles. The zero-order valence-electron chi connectivity index (χ0n) is 10.9. The summed E-state index contributed by atoms with van der Waals surface area (Å²) in [6.07, 6.45) is 1.94. The molecule has 1 fully saturated rings. The molecule has 0 N–H and O–H groups in total. The maximum atomic E-state index is 12.9. The molecule has 1 atom stereocenters. The Bertz CT molecular complexity index is 481. The van der Waals surface area contributed by atoms with E-state index in [0.29, 0.717) is 25.7 Å². The summed E-state index contributed by atoms with van der Waals surface area (Å²) < 4.78 is 18.0. The van der Waals surface area contributed by atoms with Gasteiger partial charge in [-0.1, -0.05) is 12.1 Å². The van der Waals surface area contributed by atoms with Crippen LogP contribution in [0, 0.1) is 11.2 Å². The number of carbonyl (C=O) groups is 2. The SMILES string of the molecule is CCOC(=O)[C@]1(Cc2ccc(F)cc2)CCCC1=O. The molecule has 0 amide bonds. The van der Waals surface area contributed by atoms with E-state index in [0.717, 1.165) is 5.56 Å². The van der Waals surface area contributed by atoms with E-state index in [-0.39, 0.29) is 18.2 Å². The highest BCUT2D eigenvalue weighted by Gasteiger charge is 2.49. The Labute approximate surface area is 111 Å². The molecule has 0 saturated heterocycles. The molecule has 3 nitrogen and oxygen atoms in total. The van der Waals surface area contributed by atoms with Crippen molar-refractivity contribution < 1.29 is 18.7 Å². The van der Waals surface area contributed by atoms with Crippen molar-refractivity contribution in [2.45, 2.75) is 32.6 Å². The Kier molecular flexibility index (Phi) is 3.98. The molecule has 2 rings (SSSR count). The van der Waals surface area contributed by atoms with Gasteiger partial charge in [-0.2, -0.15) is 0 Å². The molecule has 1 aliphatic carbocycles. The van der Waals surface area contributed by atoms with Crippen molar-refractivity contribution in [2.24, 2.45) is 5.41 Å². The number of ether oxygens (including phenoxy) is 1. The fourth-order valence-corrected chi connectivity index (χ4v) is 2.62. The maximum Gasteiger partial charge on any atom is 0.319 e. The molecular formula is C15H17FO3. The van der Waals surface area contributed by atoms with Crippen LogP contribution in [0.2, 0.25) is 0 Å². The van der Waals surface area contributed by atoms with Crippen molar-refractivity contribution in [3.8, 4) is 0 Å². The molecule has 1 aliphatic rings. The minimum absolute atomic E-state index is 0.0599. The zero-order valence-corrected chi connectivity index (χ0v) is 10.9. The molecule has 0 unspecified atom stereocenters. The molecule has 0 bridgehead atoms. The van der Waals surface area contributed by atoms with Crippen LogP contribution in [0.5, 0.6) is 0 Å². The van der Waals surface area contributed by atoms with E-state index in [9.17, 15) is 14.0 Å². The van der Waals surface area contributed by atoms with E-state index in [1.807, 2.05) is 0 Å². The predicted octanol–water partition coefficient (Wildman–Crippen LogP) is 2.67. The predicted molar refractivity (Wildman–Crippen MR) is 68.0 cm³/mol. The van der Waals surface area contributed by atoms with Gasteiger partial charge in [0.25, 0.3) is 0 Å². The molecule has 1 aromatic rings. The summed E-state index contributed by atoms with van der Waals surface area (Å²) in [6, 6.07) is 5.91. The van der Waals surface area contributed by atoms with Crippen molar-refractivity contribution >= 4 is 11.8 Å². The lowest BCUT2D eigenvalue weighted by Crippen LogP contribution is -2.39. The minimum atomic E-state index is -1.06. The molecule has 4 heteroatoms. The van der Waals surface area contributed by atoms with Crippen LogP contribution < -0.4 is 0 Å². The first-order valence-electron chi connectivity index (χ1n) is 6.53. The van der Waals surface area contributed by atoms with Crippen LogP contribution >= 0.6 is 0 Å². The molecule has 0 radical (unpaired) electrons. The third kappa shape index (κ3) is 2.67. The van der Waals surface area contributed by atoms with Crippen LogP contribution in [0.15, 0.2) is 24.3 Å². The summed E-state index contributed by atoms with van der Waals surface area (Å²) >= 11 is 0. The lowest BCUT2D eigenvalue weighted by Gasteiger charge is -2.25. The molecule has 0 aliphatic heterocycles. The van der Waals surface area contributed by atoms with Gasteiger partial charge in [0.2, 0.25) is 0 Å². The first kappa shape index (κ1) is 13.7. The Morgan fingerprint density at radius 2 is 2.05 bits per heavy atom. The second-order valence-corrected chi connectivity index (χ2v) is 4.88. The van der Waals surface area contributed by atoms with Gasteiger partial charge < -0.3 is 4.74 Å². The molecule has 1 saturated carbocycles. The van der Waals surface area contributed by atoms with Crippen LogP contribution in [0.25, 0.3) is 0 Å². The van der Waals surface area contributed by atoms with E-state index in [1.54, 1.807) is 19.1 Å². The first-order valence-corrected chi connectivity index (χ1v) is 6.53. The number of rotatable bonds is 4. The quantitative estimate of drug-likeness (QED) is 0.620. The van der Waals surface area contributed by atoms with Crippen molar-refractivity contribution in [2.75, 3.05) is 6.61 Å². The summed E-state index contributed by atoms with van der Waals surface area (Å²) in [5.74, 6) is -0.830. The number of Topliss-reactive ketones (excluding diaryl/α,β-unsaturated/α-hetero) is 1. The molecule has 0 heterocycles. The van der Waals surface area contributed by atoms with Crippen molar-refractivity contribution in [3.05, 3.63) is 35.6 Å². The third-order valence-electron chi connectivity index (χ3n) is 3.63. The molecular weight excluding hydrogens is 247 g/mol. The zero-order chi connectivity index (χ0) is 13.9. The Morgan fingerprint density at radius 3 is 2.58 bits per heavy atom. The largest absolute Gasteiger partial charge is 0.465 e. The summed E-state index contributed by atoms with van der Waals surface area (Å²) in [7, 11) is 0. The van der Waals surface area contributed by atoms with Gasteiger partial charge in [-0.05, 0) is 43.9 Å². The Morgan fingerprint density at radius 1 is 1.37 bits per heavy atom. The second kappa shape index (κ2) is 5.51. The number of halogens is 1. The molecule has 1 aromatic carbocycles. The third-order valence-corrected chi connectivity index (χ3v) is 3.63. The number of hydrogen-bond donors (Lipinski definition) is 0. The second-order valence-electron chi connectivity index (χ2n) is 4.88. The average Bonchev–Trinajstić information content (AvgIpc) is 2.75. The highest BCUT2D eigenvalue weighted by atomic mass is 19.1. The topological polar surface area (TPSA) is 43.4 Å². The summed E-state index contributed by atoms with van der Waals surface area (Å²) in [5.41, 5.74) is -0.280. The van der Waals surface area contributed by atoms with Gasteiger partial charge in [0.05, 0.1) is 6.61 Å². The molecule has 102 valence electrons. The summed E-state index contributed by atoms with van der Waals surface area (Å²) in [6.45, 7) is 1.99. The van der Waals surface area contributed by atoms with E-state index in [1.165, 1.54) is 12.1 Å². The van der Waals surface area contributed by atoms with Gasteiger partial charge in [0.1, 0.15) is 11.2 Å². The van der Waals surface area contributed by atoms with Crippen molar-refractivity contribution in [1.29, 1.82) is 0 Å². The van der Waals surface area contributed by atoms with Crippen LogP contribution in [0.4, 0.5) is 4.39 Å². The first-order chi connectivity index (χ1) is 9.08. The fourth-order valence-electron chi connectivity index (χ4n) is 2.62. The summed E-state index contributed by atoms with van der Waals surface area (Å²) in [4.78, 5) is 24.2. The van der Waals surface area contributed by atoms with E-state index >= 15 is 0 Å². The van der Waals surface area contributed by atoms with E-state index in [2.05, 4.69) is 0 Å². The van der Waals surface area contributed by atoms with Crippen LogP contribution in [0.1, 0.15) is 31.7 Å². The average molecular weight is 264 g/mol. The van der Waals surface area contributed by atoms with Crippen molar-refractivity contribution in [1.82, 2.24) is 0 Å². The van der Waals surface area contributed by atoms with Gasteiger partial charge in [-0.15, -0.1) is 0 Å². The standard InChI is InChI=1S/C15H17FO3/c1-2-19-14(18)15(9-3-4-13(15)17)10-11-5-7-12(16)8-6-11/h5-8H,2-4,9-10H2,1H3/t15-/m0/s1. The smallest absolute Gasteiger partial charge is 0.319 e. The molecule has 19 heavy (non-hydrogen) atoms. The maximum absolute atomic E-state index is 12.9.